The highest BCUT2D eigenvalue weighted by molar-refractivity contribution is 7.90. The number of aryl methyl sites for hydroxylation is 2. The molecule has 3 aromatic rings. The average Bonchev–Trinajstić information content (AvgIpc) is 2.99. The first-order chi connectivity index (χ1) is 12.7. The molecule has 6 nitrogen and oxygen atoms in total. The van der Waals surface area contributed by atoms with Gasteiger partial charge in [-0.05, 0) is 61.7 Å². The van der Waals surface area contributed by atoms with Crippen LogP contribution >= 0.6 is 0 Å². The first kappa shape index (κ1) is 18.1. The van der Waals surface area contributed by atoms with Crippen LogP contribution in [0.1, 0.15) is 24.2 Å². The normalized spacial score (nSPS) is 14.9. The molecule has 0 atom stereocenters. The molecule has 142 valence electrons. The minimum Gasteiger partial charge on any atom is -0.461 e. The molecule has 1 aliphatic rings. The zero-order valence-corrected chi connectivity index (χ0v) is 16.3. The van der Waals surface area contributed by atoms with Crippen molar-refractivity contribution in [3.63, 3.8) is 0 Å². The lowest BCUT2D eigenvalue weighted by atomic mass is 9.96. The van der Waals surface area contributed by atoms with Crippen LogP contribution in [0.15, 0.2) is 56.7 Å². The van der Waals surface area contributed by atoms with Crippen LogP contribution in [0, 0.1) is 0 Å². The molecule has 0 amide bonds. The summed E-state index contributed by atoms with van der Waals surface area (Å²) in [4.78, 5) is -0.0582. The molecule has 1 heterocycles. The topological polar surface area (TPSA) is 90.7 Å². The second kappa shape index (κ2) is 6.38. The van der Waals surface area contributed by atoms with Gasteiger partial charge in [-0.25, -0.2) is 8.42 Å². The van der Waals surface area contributed by atoms with E-state index >= 15 is 0 Å². The third kappa shape index (κ3) is 3.46. The fourth-order valence-electron chi connectivity index (χ4n) is 3.32. The Kier molecular flexibility index (Phi) is 4.27. The monoisotopic (exact) mass is 406 g/mol. The number of hydrogen-bond acceptors (Lipinski definition) is 6. The molecule has 1 aliphatic carbocycles. The number of sulfone groups is 1. The van der Waals surface area contributed by atoms with Gasteiger partial charge in [-0.3, -0.25) is 0 Å². The fourth-order valence-corrected chi connectivity index (χ4v) is 4.88. The van der Waals surface area contributed by atoms with Crippen LogP contribution in [0.5, 0.6) is 5.75 Å². The van der Waals surface area contributed by atoms with E-state index in [1.54, 1.807) is 18.2 Å². The second-order valence-corrected chi connectivity index (χ2v) is 10.2. The van der Waals surface area contributed by atoms with Crippen molar-refractivity contribution in [2.75, 3.05) is 6.26 Å². The Morgan fingerprint density at radius 3 is 2.26 bits per heavy atom. The summed E-state index contributed by atoms with van der Waals surface area (Å²) in [6.45, 7) is 0. The van der Waals surface area contributed by atoms with Gasteiger partial charge in [-0.1, -0.05) is 0 Å². The second-order valence-electron chi connectivity index (χ2n) is 6.65. The highest BCUT2D eigenvalue weighted by Gasteiger charge is 2.21. The van der Waals surface area contributed by atoms with Gasteiger partial charge in [0, 0.05) is 23.6 Å². The Morgan fingerprint density at radius 2 is 1.56 bits per heavy atom. The zero-order valence-electron chi connectivity index (χ0n) is 14.6. The Morgan fingerprint density at radius 1 is 0.889 bits per heavy atom. The number of hydrogen-bond donors (Lipinski definition) is 0. The van der Waals surface area contributed by atoms with Gasteiger partial charge in [0.15, 0.2) is 9.84 Å². The van der Waals surface area contributed by atoms with Crippen molar-refractivity contribution in [2.24, 2.45) is 0 Å². The molecule has 0 unspecified atom stereocenters. The third-order valence-corrected chi connectivity index (χ3v) is 7.06. The predicted octanol–water partition coefficient (Wildman–Crippen LogP) is 3.48. The Bertz CT molecular complexity index is 1220. The van der Waals surface area contributed by atoms with Crippen molar-refractivity contribution in [1.29, 1.82) is 0 Å². The molecule has 2 aromatic carbocycles. The van der Waals surface area contributed by atoms with Gasteiger partial charge >= 0.3 is 10.1 Å². The van der Waals surface area contributed by atoms with E-state index in [1.165, 1.54) is 24.3 Å². The maximum atomic E-state index is 12.5. The number of benzene rings is 2. The maximum absolute atomic E-state index is 12.5. The molecule has 0 saturated heterocycles. The Hall–Kier alpha value is -2.32. The van der Waals surface area contributed by atoms with Crippen molar-refractivity contribution in [3.8, 4) is 5.75 Å². The minimum absolute atomic E-state index is 0.0490. The number of furan rings is 1. The van der Waals surface area contributed by atoms with E-state index in [-0.39, 0.29) is 15.5 Å². The predicted molar refractivity (Wildman–Crippen MR) is 100 cm³/mol. The minimum atomic E-state index is -4.07. The molecule has 0 bridgehead atoms. The highest BCUT2D eigenvalue weighted by atomic mass is 32.2. The molecule has 0 saturated carbocycles. The summed E-state index contributed by atoms with van der Waals surface area (Å²) in [7, 11) is -7.47. The molecule has 8 heteroatoms. The molecule has 0 N–H and O–H groups in total. The van der Waals surface area contributed by atoms with Crippen molar-refractivity contribution >= 4 is 30.9 Å². The SMILES string of the molecule is CS(=O)(=O)c1ccc(S(=O)(=O)Oc2ccc3oc4c(c3c2)CCCC4)cc1. The van der Waals surface area contributed by atoms with Crippen LogP contribution in [0.2, 0.25) is 0 Å². The van der Waals surface area contributed by atoms with Crippen molar-refractivity contribution < 1.29 is 25.4 Å². The van der Waals surface area contributed by atoms with Crippen LogP contribution < -0.4 is 4.18 Å². The third-order valence-electron chi connectivity index (χ3n) is 4.67. The first-order valence-corrected chi connectivity index (χ1v) is 11.8. The number of rotatable bonds is 4. The summed E-state index contributed by atoms with van der Waals surface area (Å²) in [6.07, 6.45) is 5.04. The van der Waals surface area contributed by atoms with E-state index in [4.69, 9.17) is 8.60 Å². The van der Waals surface area contributed by atoms with E-state index in [9.17, 15) is 16.8 Å². The quantitative estimate of drug-likeness (QED) is 0.616. The van der Waals surface area contributed by atoms with Crippen LogP contribution in [-0.4, -0.2) is 23.1 Å². The Labute approximate surface area is 157 Å². The van der Waals surface area contributed by atoms with Gasteiger partial charge in [0.05, 0.1) is 4.90 Å². The molecule has 0 spiro atoms. The van der Waals surface area contributed by atoms with Gasteiger partial charge in [-0.2, -0.15) is 8.42 Å². The molecule has 0 radical (unpaired) electrons. The molecule has 1 aromatic heterocycles. The van der Waals surface area contributed by atoms with Crippen molar-refractivity contribution in [2.45, 2.75) is 35.5 Å². The smallest absolute Gasteiger partial charge is 0.339 e. The molecular weight excluding hydrogens is 388 g/mol. The summed E-state index contributed by atoms with van der Waals surface area (Å²) in [5.41, 5.74) is 1.85. The highest BCUT2D eigenvalue weighted by Crippen LogP contribution is 2.34. The largest absolute Gasteiger partial charge is 0.461 e. The van der Waals surface area contributed by atoms with Crippen molar-refractivity contribution in [1.82, 2.24) is 0 Å². The van der Waals surface area contributed by atoms with E-state index in [1.807, 2.05) is 0 Å². The molecular formula is C19H18O6S2. The van der Waals surface area contributed by atoms with Gasteiger partial charge < -0.3 is 8.60 Å². The van der Waals surface area contributed by atoms with Crippen LogP contribution in [0.4, 0.5) is 0 Å². The van der Waals surface area contributed by atoms with Crippen LogP contribution in [0.3, 0.4) is 0 Å². The van der Waals surface area contributed by atoms with Crippen LogP contribution in [0.25, 0.3) is 11.0 Å². The fraction of sp³-hybridized carbons (Fsp3) is 0.263. The summed E-state index contributed by atoms with van der Waals surface area (Å²) < 4.78 is 59.2. The lowest BCUT2D eigenvalue weighted by Crippen LogP contribution is -2.10. The number of fused-ring (bicyclic) bond motifs is 3. The van der Waals surface area contributed by atoms with Gasteiger partial charge in [0.25, 0.3) is 0 Å². The lowest BCUT2D eigenvalue weighted by molar-refractivity contribution is 0.485. The first-order valence-electron chi connectivity index (χ1n) is 8.53. The molecule has 4 rings (SSSR count). The summed E-state index contributed by atoms with van der Waals surface area (Å²) in [5, 5.41) is 0.879. The summed E-state index contributed by atoms with van der Waals surface area (Å²) in [6, 6.07) is 9.91. The summed E-state index contributed by atoms with van der Waals surface area (Å²) >= 11 is 0. The van der Waals surface area contributed by atoms with Gasteiger partial charge in [0.1, 0.15) is 22.0 Å². The van der Waals surface area contributed by atoms with Gasteiger partial charge in [-0.15, -0.1) is 0 Å². The van der Waals surface area contributed by atoms with E-state index in [2.05, 4.69) is 0 Å². The summed E-state index contributed by atoms with van der Waals surface area (Å²) in [5.74, 6) is 1.16. The maximum Gasteiger partial charge on any atom is 0.339 e. The standard InChI is InChI=1S/C19H18O6S2/c1-26(20,21)14-7-9-15(10-8-14)27(22,23)25-13-6-11-19-17(12-13)16-4-2-3-5-18(16)24-19/h6-12H,2-5H2,1H3. The van der Waals surface area contributed by atoms with Gasteiger partial charge in [0.2, 0.25) is 0 Å². The average molecular weight is 406 g/mol. The molecule has 0 fully saturated rings. The lowest BCUT2D eigenvalue weighted by Gasteiger charge is -2.09. The van der Waals surface area contributed by atoms with E-state index in [0.29, 0.717) is 0 Å². The van der Waals surface area contributed by atoms with Crippen molar-refractivity contribution in [3.05, 3.63) is 53.8 Å². The Balaban J connectivity index is 1.66. The van der Waals surface area contributed by atoms with E-state index in [0.717, 1.165) is 54.2 Å². The zero-order chi connectivity index (χ0) is 19.2. The van der Waals surface area contributed by atoms with E-state index < -0.39 is 20.0 Å². The van der Waals surface area contributed by atoms with Crippen LogP contribution in [-0.2, 0) is 32.8 Å². The molecule has 27 heavy (non-hydrogen) atoms. The molecule has 0 aliphatic heterocycles.